The second kappa shape index (κ2) is 6.28. The Morgan fingerprint density at radius 1 is 1.39 bits per heavy atom. The minimum Gasteiger partial charge on any atom is -0.495 e. The Balaban J connectivity index is 2.10. The van der Waals surface area contributed by atoms with Gasteiger partial charge in [0.25, 0.3) is 5.91 Å². The summed E-state index contributed by atoms with van der Waals surface area (Å²) in [5.41, 5.74) is 0.510. The molecular weight excluding hydrogens is 298 g/mol. The molecule has 0 radical (unpaired) electrons. The lowest BCUT2D eigenvalue weighted by atomic mass is 9.99. The third-order valence-electron chi connectivity index (χ3n) is 3.98. The van der Waals surface area contributed by atoms with Crippen molar-refractivity contribution in [3.63, 3.8) is 0 Å². The molecule has 2 rings (SSSR count). The summed E-state index contributed by atoms with van der Waals surface area (Å²) in [6, 6.07) is 4.82. The zero-order valence-electron chi connectivity index (χ0n) is 13.7. The second-order valence-electron chi connectivity index (χ2n) is 5.76. The molecule has 0 bridgehead atoms. The molecule has 0 saturated carbocycles. The van der Waals surface area contributed by atoms with E-state index in [1.165, 1.54) is 7.11 Å². The van der Waals surface area contributed by atoms with E-state index in [-0.39, 0.29) is 6.54 Å². The van der Waals surface area contributed by atoms with E-state index in [1.807, 2.05) is 13.0 Å². The van der Waals surface area contributed by atoms with Crippen LogP contribution in [-0.2, 0) is 9.59 Å². The van der Waals surface area contributed by atoms with Gasteiger partial charge in [0.15, 0.2) is 0 Å². The van der Waals surface area contributed by atoms with Crippen molar-refractivity contribution in [2.45, 2.75) is 32.7 Å². The van der Waals surface area contributed by atoms with E-state index in [0.29, 0.717) is 17.9 Å². The Bertz CT molecular complexity index is 659. The van der Waals surface area contributed by atoms with E-state index in [4.69, 9.17) is 4.74 Å². The fourth-order valence-corrected chi connectivity index (χ4v) is 2.38. The molecule has 0 unspecified atom stereocenters. The van der Waals surface area contributed by atoms with Gasteiger partial charge in [-0.3, -0.25) is 14.5 Å². The third-order valence-corrected chi connectivity index (χ3v) is 3.98. The van der Waals surface area contributed by atoms with Gasteiger partial charge in [0.2, 0.25) is 5.91 Å². The molecule has 0 aromatic heterocycles. The molecule has 23 heavy (non-hydrogen) atoms. The summed E-state index contributed by atoms with van der Waals surface area (Å²) in [5.74, 6) is -0.339. The third kappa shape index (κ3) is 3.28. The summed E-state index contributed by atoms with van der Waals surface area (Å²) in [4.78, 5) is 37.3. The van der Waals surface area contributed by atoms with Crippen molar-refractivity contribution in [2.75, 3.05) is 19.0 Å². The molecule has 1 aromatic carbocycles. The van der Waals surface area contributed by atoms with Gasteiger partial charge in [-0.1, -0.05) is 13.0 Å². The first-order chi connectivity index (χ1) is 10.8. The maximum atomic E-state index is 12.3. The maximum absolute atomic E-state index is 12.3. The molecule has 7 nitrogen and oxygen atoms in total. The number of methoxy groups -OCH3 is 1. The lowest BCUT2D eigenvalue weighted by molar-refractivity contribution is -0.133. The number of carbonyl (C=O) groups excluding carboxylic acids is 3. The fourth-order valence-electron chi connectivity index (χ4n) is 2.38. The van der Waals surface area contributed by atoms with E-state index in [9.17, 15) is 14.4 Å². The maximum Gasteiger partial charge on any atom is 0.325 e. The Hall–Kier alpha value is -2.57. The van der Waals surface area contributed by atoms with E-state index >= 15 is 0 Å². The zero-order chi connectivity index (χ0) is 17.2. The van der Waals surface area contributed by atoms with Gasteiger partial charge in [-0.2, -0.15) is 0 Å². The predicted molar refractivity (Wildman–Crippen MR) is 85.3 cm³/mol. The number of aryl methyl sites for hydroxylation is 1. The van der Waals surface area contributed by atoms with Crippen LogP contribution < -0.4 is 15.4 Å². The van der Waals surface area contributed by atoms with Gasteiger partial charge in [-0.15, -0.1) is 0 Å². The van der Waals surface area contributed by atoms with Gasteiger partial charge in [-0.05, 0) is 38.0 Å². The Kier molecular flexibility index (Phi) is 4.58. The summed E-state index contributed by atoms with van der Waals surface area (Å²) < 4.78 is 5.19. The molecule has 2 N–H and O–H groups in total. The molecule has 7 heteroatoms. The van der Waals surface area contributed by atoms with Crippen LogP contribution in [0, 0.1) is 6.92 Å². The molecule has 1 heterocycles. The van der Waals surface area contributed by atoms with Gasteiger partial charge in [0.05, 0.1) is 12.8 Å². The molecule has 1 atom stereocenters. The van der Waals surface area contributed by atoms with Crippen LogP contribution >= 0.6 is 0 Å². The van der Waals surface area contributed by atoms with E-state index in [2.05, 4.69) is 10.6 Å². The largest absolute Gasteiger partial charge is 0.495 e. The van der Waals surface area contributed by atoms with Gasteiger partial charge < -0.3 is 15.4 Å². The Morgan fingerprint density at radius 3 is 2.65 bits per heavy atom. The van der Waals surface area contributed by atoms with E-state index in [0.717, 1.165) is 10.5 Å². The number of amides is 4. The highest BCUT2D eigenvalue weighted by Crippen LogP contribution is 2.25. The number of ether oxygens (including phenoxy) is 1. The highest BCUT2D eigenvalue weighted by molar-refractivity contribution is 6.10. The van der Waals surface area contributed by atoms with Gasteiger partial charge in [-0.25, -0.2) is 4.79 Å². The van der Waals surface area contributed by atoms with Crippen molar-refractivity contribution < 1.29 is 19.1 Å². The summed E-state index contributed by atoms with van der Waals surface area (Å²) in [6.07, 6.45) is 0.460. The second-order valence-corrected chi connectivity index (χ2v) is 5.76. The number of hydrogen-bond acceptors (Lipinski definition) is 4. The van der Waals surface area contributed by atoms with Crippen molar-refractivity contribution in [2.24, 2.45) is 0 Å². The lowest BCUT2D eigenvalue weighted by Gasteiger charge is -2.19. The standard InChI is InChI=1S/C16H21N3O4/c1-5-16(3)14(21)19(15(22)18-16)9-13(20)17-11-8-10(2)6-7-12(11)23-4/h6-8H,5,9H2,1-4H3,(H,17,20)(H,18,22)/t16-/m1/s1. The number of nitrogens with one attached hydrogen (secondary N) is 2. The number of urea groups is 1. The van der Waals surface area contributed by atoms with Crippen LogP contribution in [0.15, 0.2) is 18.2 Å². The highest BCUT2D eigenvalue weighted by Gasteiger charge is 2.46. The van der Waals surface area contributed by atoms with Crippen molar-refractivity contribution in [1.82, 2.24) is 10.2 Å². The van der Waals surface area contributed by atoms with Crippen molar-refractivity contribution in [1.29, 1.82) is 0 Å². The summed E-state index contributed by atoms with van der Waals surface area (Å²) in [7, 11) is 1.50. The van der Waals surface area contributed by atoms with Gasteiger partial charge in [0, 0.05) is 0 Å². The quantitative estimate of drug-likeness (QED) is 0.808. The highest BCUT2D eigenvalue weighted by atomic mass is 16.5. The lowest BCUT2D eigenvalue weighted by Crippen LogP contribution is -2.44. The molecule has 0 spiro atoms. The van der Waals surface area contributed by atoms with E-state index in [1.54, 1.807) is 26.0 Å². The van der Waals surface area contributed by atoms with Gasteiger partial charge in [0.1, 0.15) is 17.8 Å². The number of hydrogen-bond donors (Lipinski definition) is 2. The minimum atomic E-state index is -0.946. The van der Waals surface area contributed by atoms with Crippen LogP contribution in [-0.4, -0.2) is 41.9 Å². The Morgan fingerprint density at radius 2 is 2.09 bits per heavy atom. The van der Waals surface area contributed by atoms with Crippen molar-refractivity contribution in [3.8, 4) is 5.75 Å². The number of anilines is 1. The molecule has 1 saturated heterocycles. The molecule has 1 fully saturated rings. The van der Waals surface area contributed by atoms with Crippen LogP contribution in [0.25, 0.3) is 0 Å². The molecule has 124 valence electrons. The summed E-state index contributed by atoms with van der Waals surface area (Å²) in [5, 5.41) is 5.29. The molecule has 1 aliphatic rings. The summed E-state index contributed by atoms with van der Waals surface area (Å²) >= 11 is 0. The molecular formula is C16H21N3O4. The predicted octanol–water partition coefficient (Wildman–Crippen LogP) is 1.66. The average molecular weight is 319 g/mol. The number of imide groups is 1. The molecule has 1 aromatic rings. The molecule has 0 aliphatic carbocycles. The van der Waals surface area contributed by atoms with Crippen LogP contribution in [0.5, 0.6) is 5.75 Å². The van der Waals surface area contributed by atoms with Gasteiger partial charge >= 0.3 is 6.03 Å². The van der Waals surface area contributed by atoms with E-state index < -0.39 is 23.4 Å². The molecule has 1 aliphatic heterocycles. The monoisotopic (exact) mass is 319 g/mol. The molecule has 4 amide bonds. The van der Waals surface area contributed by atoms with Crippen LogP contribution in [0.3, 0.4) is 0 Å². The number of rotatable bonds is 5. The van der Waals surface area contributed by atoms with Crippen molar-refractivity contribution in [3.05, 3.63) is 23.8 Å². The topological polar surface area (TPSA) is 87.7 Å². The Labute approximate surface area is 135 Å². The van der Waals surface area contributed by atoms with Crippen LogP contribution in [0.1, 0.15) is 25.8 Å². The first-order valence-electron chi connectivity index (χ1n) is 7.39. The van der Waals surface area contributed by atoms with Crippen LogP contribution in [0.4, 0.5) is 10.5 Å². The minimum absolute atomic E-state index is 0.336. The smallest absolute Gasteiger partial charge is 0.325 e. The zero-order valence-corrected chi connectivity index (χ0v) is 13.7. The normalized spacial score (nSPS) is 20.4. The van der Waals surface area contributed by atoms with Crippen molar-refractivity contribution >= 4 is 23.5 Å². The number of carbonyl (C=O) groups is 3. The fraction of sp³-hybridized carbons (Fsp3) is 0.438. The SMILES string of the molecule is CC[C@@]1(C)NC(=O)N(CC(=O)Nc2cc(C)ccc2OC)C1=O. The number of benzene rings is 1. The first kappa shape index (κ1) is 16.8. The average Bonchev–Trinajstić information content (AvgIpc) is 2.71. The summed E-state index contributed by atoms with van der Waals surface area (Å²) in [6.45, 7) is 5.00. The van der Waals surface area contributed by atoms with Crippen LogP contribution in [0.2, 0.25) is 0 Å². The number of nitrogens with zero attached hydrogens (tertiary/aromatic N) is 1. The first-order valence-corrected chi connectivity index (χ1v) is 7.39.